The Kier molecular flexibility index (Phi) is 3.97. The van der Waals surface area contributed by atoms with E-state index in [4.69, 9.17) is 9.84 Å². The molecule has 2 N–H and O–H groups in total. The molecule has 2 aliphatic rings. The lowest BCUT2D eigenvalue weighted by atomic mass is 9.79. The van der Waals surface area contributed by atoms with E-state index in [1.807, 2.05) is 0 Å². The summed E-state index contributed by atoms with van der Waals surface area (Å²) in [6.45, 7) is 0. The van der Waals surface area contributed by atoms with Crippen molar-refractivity contribution in [2.24, 2.45) is 5.41 Å². The summed E-state index contributed by atoms with van der Waals surface area (Å²) < 4.78 is 19.7. The number of carboxylic acid groups (broad SMARTS) is 1. The van der Waals surface area contributed by atoms with Gasteiger partial charge in [0.1, 0.15) is 5.82 Å². The molecule has 0 spiro atoms. The molecule has 2 heterocycles. The Labute approximate surface area is 150 Å². The van der Waals surface area contributed by atoms with Gasteiger partial charge in [-0.2, -0.15) is 0 Å². The van der Waals surface area contributed by atoms with Crippen LogP contribution >= 0.6 is 0 Å². The summed E-state index contributed by atoms with van der Waals surface area (Å²) in [5.74, 6) is 0.0938. The van der Waals surface area contributed by atoms with Gasteiger partial charge in [-0.15, -0.1) is 0 Å². The Hall–Kier alpha value is -2.44. The number of amides is 1. The number of nitrogens with zero attached hydrogens (tertiary/aromatic N) is 2. The molecule has 0 unspecified atom stereocenters. The van der Waals surface area contributed by atoms with Crippen LogP contribution in [0.5, 0.6) is 5.88 Å². The molecule has 2 aromatic rings. The summed E-state index contributed by atoms with van der Waals surface area (Å²) in [7, 11) is 1.53. The predicted molar refractivity (Wildman–Crippen MR) is 93.8 cm³/mol. The highest BCUT2D eigenvalue weighted by Gasteiger charge is 2.54. The van der Waals surface area contributed by atoms with E-state index in [0.29, 0.717) is 28.9 Å². The van der Waals surface area contributed by atoms with Crippen LogP contribution in [-0.4, -0.2) is 33.8 Å². The molecular weight excluding hydrogens is 337 g/mol. The van der Waals surface area contributed by atoms with E-state index in [2.05, 4.69) is 15.3 Å². The number of carbonyl (C=O) groups is 1. The van der Waals surface area contributed by atoms with E-state index in [9.17, 15) is 9.18 Å². The third kappa shape index (κ3) is 2.85. The fourth-order valence-corrected chi connectivity index (χ4v) is 4.88. The number of halogens is 1. The van der Waals surface area contributed by atoms with Crippen molar-refractivity contribution in [3.63, 3.8) is 0 Å². The second-order valence-electron chi connectivity index (χ2n) is 7.69. The molecule has 2 saturated carbocycles. The molecule has 1 amide bonds. The van der Waals surface area contributed by atoms with Crippen molar-refractivity contribution in [1.82, 2.24) is 15.3 Å². The van der Waals surface area contributed by atoms with Gasteiger partial charge in [0.2, 0.25) is 5.88 Å². The molecule has 0 radical (unpaired) electrons. The zero-order valence-electron chi connectivity index (χ0n) is 14.7. The zero-order valence-corrected chi connectivity index (χ0v) is 14.7. The largest absolute Gasteiger partial charge is 0.481 e. The van der Waals surface area contributed by atoms with Gasteiger partial charge in [0.25, 0.3) is 0 Å². The van der Waals surface area contributed by atoms with Gasteiger partial charge in [0.05, 0.1) is 24.3 Å². The smallest absolute Gasteiger partial charge is 0.405 e. The van der Waals surface area contributed by atoms with Crippen LogP contribution in [0.1, 0.15) is 44.1 Å². The zero-order chi connectivity index (χ0) is 18.4. The third-order valence-electron chi connectivity index (χ3n) is 6.21. The number of fused-ring (bicyclic) bond motifs is 3. The van der Waals surface area contributed by atoms with Crippen molar-refractivity contribution in [3.8, 4) is 5.88 Å². The van der Waals surface area contributed by atoms with Crippen LogP contribution in [0.2, 0.25) is 0 Å². The van der Waals surface area contributed by atoms with Crippen molar-refractivity contribution in [1.29, 1.82) is 0 Å². The maximum atomic E-state index is 14.5. The molecular formula is C19H22FN3O3. The number of pyridine rings is 2. The van der Waals surface area contributed by atoms with Crippen LogP contribution in [0, 0.1) is 11.2 Å². The van der Waals surface area contributed by atoms with E-state index in [-0.39, 0.29) is 16.8 Å². The molecule has 7 heteroatoms. The Bertz CT molecular complexity index is 862. The molecule has 2 aliphatic carbocycles. The topological polar surface area (TPSA) is 84.3 Å². The second kappa shape index (κ2) is 6.07. The van der Waals surface area contributed by atoms with E-state index < -0.39 is 6.09 Å². The first-order valence-corrected chi connectivity index (χ1v) is 8.94. The molecule has 2 bridgehead atoms. The first-order valence-electron chi connectivity index (χ1n) is 8.94. The van der Waals surface area contributed by atoms with Gasteiger partial charge < -0.3 is 15.2 Å². The van der Waals surface area contributed by atoms with Crippen molar-refractivity contribution < 1.29 is 19.0 Å². The average molecular weight is 359 g/mol. The maximum absolute atomic E-state index is 14.5. The van der Waals surface area contributed by atoms with Crippen LogP contribution in [-0.2, 0) is 6.42 Å². The minimum atomic E-state index is -0.954. The summed E-state index contributed by atoms with van der Waals surface area (Å²) in [4.78, 5) is 19.6. The molecule has 0 saturated heterocycles. The standard InChI is InChI=1S/C19H22FN3O3/c1-26-15-3-2-14-16(22-15)12(13(20)10-21-14)4-5-18-6-8-19(11-18,9-7-18)23-17(24)25/h2-3,10,23H,4-9,11H2,1H3,(H,24,25). The highest BCUT2D eigenvalue weighted by Crippen LogP contribution is 2.58. The number of hydrogen-bond acceptors (Lipinski definition) is 4. The number of aryl methyl sites for hydroxylation is 1. The van der Waals surface area contributed by atoms with Gasteiger partial charge in [-0.1, -0.05) is 0 Å². The lowest BCUT2D eigenvalue weighted by molar-refractivity contribution is 0.177. The van der Waals surface area contributed by atoms with E-state index >= 15 is 0 Å². The number of aromatic nitrogens is 2. The van der Waals surface area contributed by atoms with E-state index in [1.165, 1.54) is 13.3 Å². The molecule has 0 atom stereocenters. The van der Waals surface area contributed by atoms with Gasteiger partial charge in [-0.25, -0.2) is 14.2 Å². The monoisotopic (exact) mass is 359 g/mol. The lowest BCUT2D eigenvalue weighted by Gasteiger charge is -2.27. The number of hydrogen-bond donors (Lipinski definition) is 2. The molecule has 0 aromatic carbocycles. The third-order valence-corrected chi connectivity index (χ3v) is 6.21. The number of methoxy groups -OCH3 is 1. The average Bonchev–Trinajstić information content (AvgIpc) is 3.15. The van der Waals surface area contributed by atoms with Crippen LogP contribution in [0.3, 0.4) is 0 Å². The van der Waals surface area contributed by atoms with Crippen LogP contribution in [0.15, 0.2) is 18.3 Å². The molecule has 138 valence electrons. The fraction of sp³-hybridized carbons (Fsp3) is 0.526. The van der Waals surface area contributed by atoms with Gasteiger partial charge in [0, 0.05) is 17.2 Å². The Balaban J connectivity index is 1.57. The number of ether oxygens (including phenoxy) is 1. The van der Waals surface area contributed by atoms with Crippen LogP contribution < -0.4 is 10.1 Å². The van der Waals surface area contributed by atoms with Gasteiger partial charge in [-0.05, 0) is 56.4 Å². The second-order valence-corrected chi connectivity index (χ2v) is 7.69. The van der Waals surface area contributed by atoms with Crippen molar-refractivity contribution in [2.45, 2.75) is 50.5 Å². The minimum Gasteiger partial charge on any atom is -0.481 e. The van der Waals surface area contributed by atoms with Gasteiger partial charge in [0.15, 0.2) is 0 Å². The number of rotatable bonds is 5. The highest BCUT2D eigenvalue weighted by molar-refractivity contribution is 5.78. The summed E-state index contributed by atoms with van der Waals surface area (Å²) in [5, 5.41) is 11.8. The molecule has 2 aromatic heterocycles. The normalized spacial score (nSPS) is 27.0. The highest BCUT2D eigenvalue weighted by atomic mass is 19.1. The predicted octanol–water partition coefficient (Wildman–Crippen LogP) is 3.68. The molecule has 0 aliphatic heterocycles. The summed E-state index contributed by atoms with van der Waals surface area (Å²) in [5.41, 5.74) is 1.57. The Morgan fingerprint density at radius 3 is 2.81 bits per heavy atom. The molecule has 6 nitrogen and oxygen atoms in total. The summed E-state index contributed by atoms with van der Waals surface area (Å²) in [6.07, 6.45) is 6.22. The minimum absolute atomic E-state index is 0.0867. The quantitative estimate of drug-likeness (QED) is 0.851. The van der Waals surface area contributed by atoms with Crippen molar-refractivity contribution in [2.75, 3.05) is 7.11 Å². The first-order chi connectivity index (χ1) is 12.4. The van der Waals surface area contributed by atoms with Crippen LogP contribution in [0.4, 0.5) is 9.18 Å². The lowest BCUT2D eigenvalue weighted by Crippen LogP contribution is -2.44. The maximum Gasteiger partial charge on any atom is 0.405 e. The van der Waals surface area contributed by atoms with Crippen molar-refractivity contribution >= 4 is 17.1 Å². The van der Waals surface area contributed by atoms with Gasteiger partial charge in [-0.3, -0.25) is 4.98 Å². The van der Waals surface area contributed by atoms with Crippen molar-refractivity contribution in [3.05, 3.63) is 29.7 Å². The fourth-order valence-electron chi connectivity index (χ4n) is 4.88. The van der Waals surface area contributed by atoms with Gasteiger partial charge >= 0.3 is 6.09 Å². The summed E-state index contributed by atoms with van der Waals surface area (Å²) in [6, 6.07) is 3.50. The van der Waals surface area contributed by atoms with Crippen LogP contribution in [0.25, 0.3) is 11.0 Å². The number of nitrogens with one attached hydrogen (secondary N) is 1. The Morgan fingerprint density at radius 2 is 2.12 bits per heavy atom. The first kappa shape index (κ1) is 17.0. The Morgan fingerprint density at radius 1 is 1.35 bits per heavy atom. The molecule has 4 rings (SSSR count). The SMILES string of the molecule is COc1ccc2ncc(F)c(CCC34CCC(NC(=O)O)(CC3)C4)c2n1. The molecule has 26 heavy (non-hydrogen) atoms. The molecule has 2 fully saturated rings. The van der Waals surface area contributed by atoms with E-state index in [1.54, 1.807) is 12.1 Å². The van der Waals surface area contributed by atoms with E-state index in [0.717, 1.165) is 38.5 Å². The summed E-state index contributed by atoms with van der Waals surface area (Å²) >= 11 is 0.